The van der Waals surface area contributed by atoms with E-state index in [-0.39, 0.29) is 24.2 Å². The molecule has 2 unspecified atom stereocenters. The molecular formula is C19H24N2O4. The number of benzene rings is 1. The molecular weight excluding hydrogens is 320 g/mol. The van der Waals surface area contributed by atoms with Gasteiger partial charge in [0.1, 0.15) is 11.3 Å². The molecule has 25 heavy (non-hydrogen) atoms. The maximum absolute atomic E-state index is 12.9. The Balaban J connectivity index is 1.72. The van der Waals surface area contributed by atoms with E-state index in [0.29, 0.717) is 24.3 Å². The summed E-state index contributed by atoms with van der Waals surface area (Å²) in [6, 6.07) is 6.29. The Kier molecular flexibility index (Phi) is 4.79. The van der Waals surface area contributed by atoms with Crippen LogP contribution in [0.25, 0.3) is 0 Å². The van der Waals surface area contributed by atoms with E-state index in [2.05, 4.69) is 5.32 Å². The molecule has 1 N–H and O–H groups in total. The molecule has 1 aliphatic heterocycles. The Morgan fingerprint density at radius 3 is 2.64 bits per heavy atom. The molecule has 1 aromatic rings. The van der Waals surface area contributed by atoms with Crippen LogP contribution < -0.4 is 10.1 Å². The van der Waals surface area contributed by atoms with Gasteiger partial charge in [-0.3, -0.25) is 14.5 Å². The van der Waals surface area contributed by atoms with Crippen LogP contribution in [-0.4, -0.2) is 41.3 Å². The standard InChI is InChI=1S/C19H24N2O4/c1-3-25-15-9-7-14(8-10-15)16(22)12-21-17(23)19(20-18(21)24)11-5-4-6-13(19)2/h7-10,13H,3-6,11-12H2,1-2H3,(H,20,24). The number of Topliss-reactive ketones (excluding diaryl/α,β-unsaturated/α-hetero) is 1. The Morgan fingerprint density at radius 2 is 2.00 bits per heavy atom. The summed E-state index contributed by atoms with van der Waals surface area (Å²) in [6.45, 7) is 4.21. The molecule has 2 aliphatic rings. The smallest absolute Gasteiger partial charge is 0.325 e. The van der Waals surface area contributed by atoms with Crippen LogP contribution in [-0.2, 0) is 4.79 Å². The van der Waals surface area contributed by atoms with Gasteiger partial charge >= 0.3 is 6.03 Å². The van der Waals surface area contributed by atoms with Gasteiger partial charge < -0.3 is 10.1 Å². The Hall–Kier alpha value is -2.37. The Morgan fingerprint density at radius 1 is 1.28 bits per heavy atom. The van der Waals surface area contributed by atoms with Crippen molar-refractivity contribution in [3.8, 4) is 5.75 Å². The minimum absolute atomic E-state index is 0.0864. The summed E-state index contributed by atoms with van der Waals surface area (Å²) >= 11 is 0. The summed E-state index contributed by atoms with van der Waals surface area (Å²) in [5, 5.41) is 2.87. The first-order valence-electron chi connectivity index (χ1n) is 8.88. The molecule has 6 nitrogen and oxygen atoms in total. The third-order valence-electron chi connectivity index (χ3n) is 5.29. The maximum Gasteiger partial charge on any atom is 0.325 e. The van der Waals surface area contributed by atoms with Crippen molar-refractivity contribution in [2.24, 2.45) is 5.92 Å². The van der Waals surface area contributed by atoms with Gasteiger partial charge in [-0.05, 0) is 49.9 Å². The molecule has 1 aromatic carbocycles. The minimum Gasteiger partial charge on any atom is -0.494 e. The predicted octanol–water partition coefficient (Wildman–Crippen LogP) is 2.77. The first kappa shape index (κ1) is 17.5. The summed E-state index contributed by atoms with van der Waals surface area (Å²) in [4.78, 5) is 38.8. The van der Waals surface area contributed by atoms with Crippen molar-refractivity contribution < 1.29 is 19.1 Å². The number of nitrogens with zero attached hydrogens (tertiary/aromatic N) is 1. The summed E-state index contributed by atoms with van der Waals surface area (Å²) < 4.78 is 5.36. The number of carbonyl (C=O) groups excluding carboxylic acids is 3. The quantitative estimate of drug-likeness (QED) is 0.658. The van der Waals surface area contributed by atoms with Gasteiger partial charge in [-0.2, -0.15) is 0 Å². The molecule has 1 saturated heterocycles. The number of nitrogens with one attached hydrogen (secondary N) is 1. The fourth-order valence-corrected chi connectivity index (χ4v) is 3.78. The topological polar surface area (TPSA) is 75.7 Å². The highest BCUT2D eigenvalue weighted by Gasteiger charge is 2.55. The van der Waals surface area contributed by atoms with Crippen LogP contribution in [0, 0.1) is 5.92 Å². The lowest BCUT2D eigenvalue weighted by molar-refractivity contribution is -0.133. The monoisotopic (exact) mass is 344 g/mol. The fraction of sp³-hybridized carbons (Fsp3) is 0.526. The number of carbonyl (C=O) groups is 3. The van der Waals surface area contributed by atoms with Crippen LogP contribution in [0.5, 0.6) is 5.75 Å². The second-order valence-corrected chi connectivity index (χ2v) is 6.82. The zero-order valence-electron chi connectivity index (χ0n) is 14.7. The molecule has 1 aliphatic carbocycles. The van der Waals surface area contributed by atoms with Crippen molar-refractivity contribution in [1.29, 1.82) is 0 Å². The van der Waals surface area contributed by atoms with Crippen molar-refractivity contribution in [2.45, 2.75) is 45.1 Å². The first-order valence-corrected chi connectivity index (χ1v) is 8.88. The van der Waals surface area contributed by atoms with Gasteiger partial charge in [0, 0.05) is 5.56 Å². The van der Waals surface area contributed by atoms with Crippen molar-refractivity contribution >= 4 is 17.7 Å². The largest absolute Gasteiger partial charge is 0.494 e. The molecule has 0 bridgehead atoms. The highest BCUT2D eigenvalue weighted by Crippen LogP contribution is 2.38. The lowest BCUT2D eigenvalue weighted by atomic mass is 9.73. The van der Waals surface area contributed by atoms with Crippen LogP contribution in [0.1, 0.15) is 49.9 Å². The minimum atomic E-state index is -0.825. The average Bonchev–Trinajstić information content (AvgIpc) is 2.83. The van der Waals surface area contributed by atoms with E-state index in [0.717, 1.165) is 24.2 Å². The van der Waals surface area contributed by atoms with Crippen molar-refractivity contribution in [2.75, 3.05) is 13.2 Å². The zero-order chi connectivity index (χ0) is 18.0. The van der Waals surface area contributed by atoms with Gasteiger partial charge in [-0.15, -0.1) is 0 Å². The maximum atomic E-state index is 12.9. The predicted molar refractivity (Wildman–Crippen MR) is 92.5 cm³/mol. The molecule has 2 atom stereocenters. The first-order chi connectivity index (χ1) is 12.0. The van der Waals surface area contributed by atoms with E-state index < -0.39 is 11.6 Å². The highest BCUT2D eigenvalue weighted by atomic mass is 16.5. The number of ketones is 1. The molecule has 134 valence electrons. The molecule has 1 spiro atoms. The molecule has 1 heterocycles. The second kappa shape index (κ2) is 6.86. The number of hydrogen-bond acceptors (Lipinski definition) is 4. The van der Waals surface area contributed by atoms with Gasteiger partial charge in [0.05, 0.1) is 13.2 Å². The van der Waals surface area contributed by atoms with Gasteiger partial charge in [0.15, 0.2) is 5.78 Å². The second-order valence-electron chi connectivity index (χ2n) is 6.82. The molecule has 2 fully saturated rings. The van der Waals surface area contributed by atoms with E-state index in [1.165, 1.54) is 0 Å². The summed E-state index contributed by atoms with van der Waals surface area (Å²) in [5.74, 6) is 0.253. The van der Waals surface area contributed by atoms with Crippen molar-refractivity contribution in [3.05, 3.63) is 29.8 Å². The zero-order valence-corrected chi connectivity index (χ0v) is 14.7. The summed E-state index contributed by atoms with van der Waals surface area (Å²) in [7, 11) is 0. The van der Waals surface area contributed by atoms with Crippen LogP contribution in [0.15, 0.2) is 24.3 Å². The van der Waals surface area contributed by atoms with Gasteiger partial charge in [-0.25, -0.2) is 4.79 Å². The van der Waals surface area contributed by atoms with Crippen molar-refractivity contribution in [3.63, 3.8) is 0 Å². The van der Waals surface area contributed by atoms with Gasteiger partial charge in [0.2, 0.25) is 0 Å². The van der Waals surface area contributed by atoms with Gasteiger partial charge in [0.25, 0.3) is 5.91 Å². The van der Waals surface area contributed by atoms with E-state index in [4.69, 9.17) is 4.74 Å². The number of imide groups is 1. The molecule has 3 rings (SSSR count). The number of urea groups is 1. The lowest BCUT2D eigenvalue weighted by Crippen LogP contribution is -2.54. The third kappa shape index (κ3) is 3.13. The van der Waals surface area contributed by atoms with E-state index in [1.807, 2.05) is 13.8 Å². The van der Waals surface area contributed by atoms with E-state index in [9.17, 15) is 14.4 Å². The number of rotatable bonds is 5. The number of hydrogen-bond donors (Lipinski definition) is 1. The molecule has 0 radical (unpaired) electrons. The summed E-state index contributed by atoms with van der Waals surface area (Å²) in [6.07, 6.45) is 3.54. The Labute approximate surface area is 147 Å². The Bertz CT molecular complexity index is 685. The molecule has 6 heteroatoms. The highest BCUT2D eigenvalue weighted by molar-refractivity contribution is 6.11. The van der Waals surface area contributed by atoms with Crippen LogP contribution in [0.2, 0.25) is 0 Å². The van der Waals surface area contributed by atoms with Crippen molar-refractivity contribution in [1.82, 2.24) is 10.2 Å². The fourth-order valence-electron chi connectivity index (χ4n) is 3.78. The number of amides is 3. The van der Waals surface area contributed by atoms with E-state index >= 15 is 0 Å². The van der Waals surface area contributed by atoms with E-state index in [1.54, 1.807) is 24.3 Å². The molecule has 0 aromatic heterocycles. The lowest BCUT2D eigenvalue weighted by Gasteiger charge is -2.36. The third-order valence-corrected chi connectivity index (χ3v) is 5.29. The average molecular weight is 344 g/mol. The summed E-state index contributed by atoms with van der Waals surface area (Å²) in [5.41, 5.74) is -0.365. The van der Waals surface area contributed by atoms with Crippen LogP contribution in [0.4, 0.5) is 4.79 Å². The van der Waals surface area contributed by atoms with Crippen LogP contribution >= 0.6 is 0 Å². The molecule has 3 amide bonds. The van der Waals surface area contributed by atoms with Crippen LogP contribution in [0.3, 0.4) is 0 Å². The SMILES string of the molecule is CCOc1ccc(C(=O)CN2C(=O)NC3(CCCCC3C)C2=O)cc1. The number of ether oxygens (including phenoxy) is 1. The van der Waals surface area contributed by atoms with Gasteiger partial charge in [-0.1, -0.05) is 19.8 Å². The molecule has 1 saturated carbocycles. The normalized spacial score (nSPS) is 26.0.